The van der Waals surface area contributed by atoms with E-state index in [1.165, 1.54) is 0 Å². The second-order valence-corrected chi connectivity index (χ2v) is 7.46. The van der Waals surface area contributed by atoms with Gasteiger partial charge in [-0.25, -0.2) is 4.79 Å². The fraction of sp³-hybridized carbons (Fsp3) is 0.0800. The summed E-state index contributed by atoms with van der Waals surface area (Å²) < 4.78 is 1.78. The van der Waals surface area contributed by atoms with Crippen molar-refractivity contribution in [1.82, 2.24) is 9.78 Å². The Bertz CT molecular complexity index is 1230. The molecule has 0 radical (unpaired) electrons. The van der Waals surface area contributed by atoms with E-state index in [0.717, 1.165) is 16.7 Å². The van der Waals surface area contributed by atoms with Crippen molar-refractivity contribution in [3.63, 3.8) is 0 Å². The summed E-state index contributed by atoms with van der Waals surface area (Å²) in [6.07, 6.45) is 1.76. The van der Waals surface area contributed by atoms with E-state index >= 15 is 0 Å². The molecule has 0 fully saturated rings. The van der Waals surface area contributed by atoms with E-state index < -0.39 is 6.03 Å². The molecule has 0 aliphatic rings. The van der Waals surface area contributed by atoms with Crippen LogP contribution in [0.1, 0.15) is 21.5 Å². The fourth-order valence-corrected chi connectivity index (χ4v) is 3.34. The minimum Gasteiger partial charge on any atom is -0.351 e. The van der Waals surface area contributed by atoms with Crippen LogP contribution in [0.3, 0.4) is 0 Å². The van der Waals surface area contributed by atoms with E-state index in [1.54, 1.807) is 35.1 Å². The Balaban J connectivity index is 1.62. The van der Waals surface area contributed by atoms with Gasteiger partial charge in [0.05, 0.1) is 12.1 Å². The quantitative estimate of drug-likeness (QED) is 0.419. The number of rotatable bonds is 6. The van der Waals surface area contributed by atoms with Crippen LogP contribution in [-0.2, 0) is 6.54 Å². The van der Waals surface area contributed by atoms with Gasteiger partial charge in [-0.1, -0.05) is 60.2 Å². The number of nitrogens with one attached hydrogen (secondary N) is 2. The maximum absolute atomic E-state index is 13.1. The summed E-state index contributed by atoms with van der Waals surface area (Å²) in [7, 11) is 0. The molecule has 0 aliphatic carbocycles. The predicted octanol–water partition coefficient (Wildman–Crippen LogP) is 4.65. The summed E-state index contributed by atoms with van der Waals surface area (Å²) in [4.78, 5) is 24.1. The number of aryl methyl sites for hydroxylation is 1. The van der Waals surface area contributed by atoms with E-state index in [1.807, 2.05) is 61.5 Å². The topological polar surface area (TPSA) is 102 Å². The molecule has 4 N–H and O–H groups in total. The van der Waals surface area contributed by atoms with Crippen LogP contribution in [0, 0.1) is 6.92 Å². The molecule has 4 rings (SSSR count). The Labute approximate surface area is 185 Å². The minimum absolute atomic E-state index is 0.268. The molecule has 0 spiro atoms. The zero-order chi connectivity index (χ0) is 22.5. The molecular formula is C25H23N5O2. The molecule has 3 amide bonds. The summed E-state index contributed by atoms with van der Waals surface area (Å²) in [6, 6.07) is 24.0. The molecule has 0 bridgehead atoms. The Morgan fingerprint density at radius 3 is 2.12 bits per heavy atom. The van der Waals surface area contributed by atoms with Gasteiger partial charge in [-0.05, 0) is 36.8 Å². The number of carbonyl (C=O) groups excluding carboxylic acids is 2. The molecule has 7 nitrogen and oxygen atoms in total. The smallest absolute Gasteiger partial charge is 0.316 e. The van der Waals surface area contributed by atoms with Gasteiger partial charge in [-0.2, -0.15) is 5.10 Å². The highest BCUT2D eigenvalue weighted by atomic mass is 16.2. The van der Waals surface area contributed by atoms with Crippen molar-refractivity contribution in [3.8, 4) is 11.3 Å². The summed E-state index contributed by atoms with van der Waals surface area (Å²) in [6.45, 7) is 2.57. The summed E-state index contributed by atoms with van der Waals surface area (Å²) >= 11 is 0. The molecule has 1 heterocycles. The lowest BCUT2D eigenvalue weighted by molar-refractivity contribution is 0.102. The first-order valence-corrected chi connectivity index (χ1v) is 10.1. The molecule has 160 valence electrons. The van der Waals surface area contributed by atoms with Crippen LogP contribution in [0.15, 0.2) is 85.1 Å². The lowest BCUT2D eigenvalue weighted by atomic mass is 10.1. The minimum atomic E-state index is -0.643. The van der Waals surface area contributed by atoms with E-state index in [4.69, 9.17) is 10.8 Å². The molecule has 1 aromatic heterocycles. The first-order valence-electron chi connectivity index (χ1n) is 10.1. The third-order valence-electron chi connectivity index (χ3n) is 4.93. The van der Waals surface area contributed by atoms with Crippen molar-refractivity contribution in [2.45, 2.75) is 13.5 Å². The number of benzene rings is 3. The highest BCUT2D eigenvalue weighted by molar-refractivity contribution is 6.08. The lowest BCUT2D eigenvalue weighted by Gasteiger charge is -2.07. The second-order valence-electron chi connectivity index (χ2n) is 7.46. The van der Waals surface area contributed by atoms with Gasteiger partial charge in [0.1, 0.15) is 5.69 Å². The SMILES string of the molecule is Cc1ccc(-c2nn(Cc3ccccc3)cc2C(=O)Nc2ccc(NC(N)=O)cc2)cc1. The largest absolute Gasteiger partial charge is 0.351 e. The number of carbonyl (C=O) groups is 2. The summed E-state index contributed by atoms with van der Waals surface area (Å²) in [5, 5.41) is 10.1. The average Bonchev–Trinajstić information content (AvgIpc) is 3.20. The number of anilines is 2. The molecule has 3 aromatic carbocycles. The first-order chi connectivity index (χ1) is 15.5. The molecule has 7 heteroatoms. The standard InChI is InChI=1S/C25H23N5O2/c1-17-7-9-19(10-8-17)23-22(16-30(29-23)15-18-5-3-2-4-6-18)24(31)27-20-11-13-21(14-12-20)28-25(26)32/h2-14,16H,15H2,1H3,(H,27,31)(H3,26,28,32). The maximum Gasteiger partial charge on any atom is 0.316 e. The van der Waals surface area contributed by atoms with Gasteiger partial charge < -0.3 is 16.4 Å². The zero-order valence-electron chi connectivity index (χ0n) is 17.6. The van der Waals surface area contributed by atoms with Crippen LogP contribution < -0.4 is 16.4 Å². The van der Waals surface area contributed by atoms with Gasteiger partial charge in [-0.15, -0.1) is 0 Å². The predicted molar refractivity (Wildman–Crippen MR) is 126 cm³/mol. The fourth-order valence-electron chi connectivity index (χ4n) is 3.34. The van der Waals surface area contributed by atoms with Crippen LogP contribution in [0.25, 0.3) is 11.3 Å². The van der Waals surface area contributed by atoms with Gasteiger partial charge in [0.25, 0.3) is 5.91 Å². The highest BCUT2D eigenvalue weighted by Gasteiger charge is 2.18. The molecule has 0 aliphatic heterocycles. The van der Waals surface area contributed by atoms with Gasteiger partial charge >= 0.3 is 6.03 Å². The van der Waals surface area contributed by atoms with Crippen molar-refractivity contribution >= 4 is 23.3 Å². The molecule has 0 atom stereocenters. The van der Waals surface area contributed by atoms with Crippen LogP contribution in [0.2, 0.25) is 0 Å². The Morgan fingerprint density at radius 2 is 1.50 bits per heavy atom. The molecule has 0 unspecified atom stereocenters. The summed E-state index contributed by atoms with van der Waals surface area (Å²) in [5.74, 6) is -0.268. The second kappa shape index (κ2) is 9.18. The number of urea groups is 1. The van der Waals surface area contributed by atoms with Gasteiger partial charge in [0, 0.05) is 23.1 Å². The molecule has 0 saturated carbocycles. The molecule has 4 aromatic rings. The summed E-state index contributed by atoms with van der Waals surface area (Å²) in [5.41, 5.74) is 10.5. The normalized spacial score (nSPS) is 10.5. The van der Waals surface area contributed by atoms with Crippen molar-refractivity contribution in [2.75, 3.05) is 10.6 Å². The van der Waals surface area contributed by atoms with Crippen molar-refractivity contribution in [2.24, 2.45) is 5.73 Å². The average molecular weight is 425 g/mol. The van der Waals surface area contributed by atoms with Crippen molar-refractivity contribution in [1.29, 1.82) is 0 Å². The van der Waals surface area contributed by atoms with E-state index in [9.17, 15) is 9.59 Å². The van der Waals surface area contributed by atoms with Crippen molar-refractivity contribution < 1.29 is 9.59 Å². The van der Waals surface area contributed by atoms with Gasteiger partial charge in [0.15, 0.2) is 0 Å². The number of nitrogens with two attached hydrogens (primary N) is 1. The number of aromatic nitrogens is 2. The number of nitrogens with zero attached hydrogens (tertiary/aromatic N) is 2. The first kappa shape index (κ1) is 20.9. The molecular weight excluding hydrogens is 402 g/mol. The van der Waals surface area contributed by atoms with Crippen LogP contribution in [0.4, 0.5) is 16.2 Å². The highest BCUT2D eigenvalue weighted by Crippen LogP contribution is 2.24. The van der Waals surface area contributed by atoms with Crippen LogP contribution in [-0.4, -0.2) is 21.7 Å². The Hall–Kier alpha value is -4.39. The number of hydrogen-bond donors (Lipinski definition) is 3. The van der Waals surface area contributed by atoms with E-state index in [0.29, 0.717) is 29.2 Å². The van der Waals surface area contributed by atoms with Gasteiger partial charge in [-0.3, -0.25) is 9.48 Å². The molecule has 32 heavy (non-hydrogen) atoms. The number of hydrogen-bond acceptors (Lipinski definition) is 3. The third kappa shape index (κ3) is 5.02. The number of primary amides is 1. The van der Waals surface area contributed by atoms with E-state index in [2.05, 4.69) is 10.6 Å². The Morgan fingerprint density at radius 1 is 0.875 bits per heavy atom. The lowest BCUT2D eigenvalue weighted by Crippen LogP contribution is -2.19. The van der Waals surface area contributed by atoms with Crippen molar-refractivity contribution in [3.05, 3.63) is 102 Å². The van der Waals surface area contributed by atoms with Crippen LogP contribution >= 0.6 is 0 Å². The molecule has 0 saturated heterocycles. The third-order valence-corrected chi connectivity index (χ3v) is 4.93. The Kier molecular flexibility index (Phi) is 5.98. The van der Waals surface area contributed by atoms with Gasteiger partial charge in [0.2, 0.25) is 0 Å². The van der Waals surface area contributed by atoms with Crippen LogP contribution in [0.5, 0.6) is 0 Å². The monoisotopic (exact) mass is 425 g/mol. The zero-order valence-corrected chi connectivity index (χ0v) is 17.6. The van der Waals surface area contributed by atoms with E-state index in [-0.39, 0.29) is 5.91 Å². The maximum atomic E-state index is 13.1. The number of amides is 3.